The molecule has 0 saturated carbocycles. The fourth-order valence-electron chi connectivity index (χ4n) is 3.42. The highest BCUT2D eigenvalue weighted by molar-refractivity contribution is 5.78. The zero-order chi connectivity index (χ0) is 21.8. The number of allylic oxidation sites excluding steroid dienone is 1. The van der Waals surface area contributed by atoms with Gasteiger partial charge in [-0.25, -0.2) is 9.48 Å². The number of aromatic nitrogens is 3. The van der Waals surface area contributed by atoms with Gasteiger partial charge in [0.05, 0.1) is 11.3 Å². The molecule has 1 aliphatic rings. The van der Waals surface area contributed by atoms with Crippen molar-refractivity contribution < 1.29 is 22.7 Å². The Morgan fingerprint density at radius 3 is 2.58 bits per heavy atom. The van der Waals surface area contributed by atoms with Crippen molar-refractivity contribution in [3.63, 3.8) is 0 Å². The number of nitrogens with zero attached hydrogens (tertiary/aromatic N) is 3. The van der Waals surface area contributed by atoms with Gasteiger partial charge in [0.1, 0.15) is 11.4 Å². The summed E-state index contributed by atoms with van der Waals surface area (Å²) in [5.74, 6) is 0.442. The minimum Gasteiger partial charge on any atom is -0.410 e. The number of hydrogen-bond acceptors (Lipinski definition) is 4. The molecule has 0 radical (unpaired) electrons. The molecule has 0 unspecified atom stereocenters. The number of rotatable bonds is 4. The Balaban J connectivity index is 1.50. The van der Waals surface area contributed by atoms with E-state index in [0.29, 0.717) is 23.6 Å². The minimum atomic E-state index is -4.39. The van der Waals surface area contributed by atoms with Gasteiger partial charge in [0, 0.05) is 18.7 Å². The number of nitrogens with one attached hydrogen (secondary N) is 1. The molecule has 31 heavy (non-hydrogen) atoms. The molecular formula is C22H19F3N4O2. The highest BCUT2D eigenvalue weighted by Crippen LogP contribution is 2.35. The van der Waals surface area contributed by atoms with E-state index in [2.05, 4.69) is 15.6 Å². The molecule has 2 heterocycles. The predicted molar refractivity (Wildman–Crippen MR) is 108 cm³/mol. The van der Waals surface area contributed by atoms with Crippen molar-refractivity contribution in [3.8, 4) is 17.0 Å². The number of benzene rings is 2. The summed E-state index contributed by atoms with van der Waals surface area (Å²) in [4.78, 5) is 12.0. The third kappa shape index (κ3) is 4.76. The Hall–Kier alpha value is -3.62. The van der Waals surface area contributed by atoms with Gasteiger partial charge in [0.25, 0.3) is 0 Å². The lowest BCUT2D eigenvalue weighted by atomic mass is 9.97. The second-order valence-corrected chi connectivity index (χ2v) is 7.00. The molecule has 3 aromatic rings. The monoisotopic (exact) mass is 428 g/mol. The van der Waals surface area contributed by atoms with E-state index in [-0.39, 0.29) is 6.54 Å². The van der Waals surface area contributed by atoms with Crippen LogP contribution >= 0.6 is 0 Å². The summed E-state index contributed by atoms with van der Waals surface area (Å²) >= 11 is 0. The lowest BCUT2D eigenvalue weighted by Crippen LogP contribution is -2.27. The largest absolute Gasteiger partial charge is 0.416 e. The van der Waals surface area contributed by atoms with Crippen molar-refractivity contribution in [1.82, 2.24) is 20.3 Å². The van der Waals surface area contributed by atoms with Gasteiger partial charge in [-0.15, -0.1) is 5.10 Å². The van der Waals surface area contributed by atoms with Crippen LogP contribution in [0.5, 0.6) is 5.75 Å². The highest BCUT2D eigenvalue weighted by atomic mass is 19.4. The quantitative estimate of drug-likeness (QED) is 0.640. The molecule has 1 aromatic heterocycles. The Kier molecular flexibility index (Phi) is 5.75. The first kappa shape index (κ1) is 20.6. The maximum absolute atomic E-state index is 12.9. The molecule has 0 atom stereocenters. The molecule has 0 spiro atoms. The van der Waals surface area contributed by atoms with Crippen molar-refractivity contribution in [1.29, 1.82) is 0 Å². The lowest BCUT2D eigenvalue weighted by molar-refractivity contribution is -0.137. The smallest absolute Gasteiger partial charge is 0.410 e. The third-order valence-electron chi connectivity index (χ3n) is 4.89. The van der Waals surface area contributed by atoms with Gasteiger partial charge in [0.2, 0.25) is 0 Å². The average molecular weight is 428 g/mol. The second kappa shape index (κ2) is 8.63. The Bertz CT molecular complexity index is 1090. The molecule has 2 aromatic carbocycles. The van der Waals surface area contributed by atoms with E-state index in [1.165, 1.54) is 12.1 Å². The molecular weight excluding hydrogens is 409 g/mol. The van der Waals surface area contributed by atoms with Gasteiger partial charge in [-0.3, -0.25) is 0 Å². The topological polar surface area (TPSA) is 69.0 Å². The van der Waals surface area contributed by atoms with E-state index in [4.69, 9.17) is 4.74 Å². The summed E-state index contributed by atoms with van der Waals surface area (Å²) in [6.45, 7) is 0.905. The fraction of sp³-hybridized carbons (Fsp3) is 0.227. The maximum atomic E-state index is 12.9. The van der Waals surface area contributed by atoms with E-state index >= 15 is 0 Å². The zero-order valence-electron chi connectivity index (χ0n) is 16.4. The first-order chi connectivity index (χ1) is 14.9. The molecule has 0 aliphatic carbocycles. The van der Waals surface area contributed by atoms with Gasteiger partial charge < -0.3 is 10.1 Å². The van der Waals surface area contributed by atoms with Crippen LogP contribution in [0.15, 0.2) is 60.7 Å². The van der Waals surface area contributed by atoms with Crippen LogP contribution in [0.3, 0.4) is 0 Å². The summed E-state index contributed by atoms with van der Waals surface area (Å²) in [5, 5.41) is 11.0. The van der Waals surface area contributed by atoms with Gasteiger partial charge in [-0.05, 0) is 42.7 Å². The summed E-state index contributed by atoms with van der Waals surface area (Å²) in [6.07, 6.45) is -1.52. The summed E-state index contributed by atoms with van der Waals surface area (Å²) in [5.41, 5.74) is 2.04. The van der Waals surface area contributed by atoms with Crippen LogP contribution in [-0.4, -0.2) is 27.6 Å². The van der Waals surface area contributed by atoms with Gasteiger partial charge in [-0.2, -0.15) is 13.2 Å². The van der Waals surface area contributed by atoms with Crippen LogP contribution in [0.1, 0.15) is 24.1 Å². The minimum absolute atomic E-state index is 0.235. The lowest BCUT2D eigenvalue weighted by Gasteiger charge is -2.18. The number of aryl methyl sites for hydroxylation is 1. The molecule has 0 fully saturated rings. The average Bonchev–Trinajstić information content (AvgIpc) is 3.19. The SMILES string of the molecule is O=C(NC/C=C1\CCCn2nnc(-c3ccc(C(F)(F)F)cc3)c21)Oc1ccccc1. The third-order valence-corrected chi connectivity index (χ3v) is 4.89. The maximum Gasteiger partial charge on any atom is 0.416 e. The Morgan fingerprint density at radius 2 is 1.87 bits per heavy atom. The molecule has 9 heteroatoms. The van der Waals surface area contributed by atoms with Gasteiger partial charge in [-0.1, -0.05) is 41.6 Å². The van der Waals surface area contributed by atoms with Crippen LogP contribution < -0.4 is 10.1 Å². The number of carbonyl (C=O) groups is 1. The summed E-state index contributed by atoms with van der Waals surface area (Å²) in [6, 6.07) is 13.6. The molecule has 6 nitrogen and oxygen atoms in total. The molecule has 160 valence electrons. The number of amides is 1. The van der Waals surface area contributed by atoms with E-state index in [0.717, 1.165) is 36.2 Å². The zero-order valence-corrected chi connectivity index (χ0v) is 16.4. The second-order valence-electron chi connectivity index (χ2n) is 7.00. The van der Waals surface area contributed by atoms with Crippen molar-refractivity contribution in [2.75, 3.05) is 6.54 Å². The van der Waals surface area contributed by atoms with E-state index < -0.39 is 17.8 Å². The van der Waals surface area contributed by atoms with Crippen LogP contribution in [-0.2, 0) is 12.7 Å². The standard InChI is InChI=1S/C22H19F3N4O2/c23-22(24,25)17-10-8-15(9-11-17)19-20-16(5-4-14-29(20)28-27-19)12-13-26-21(30)31-18-6-2-1-3-7-18/h1-3,6-12H,4-5,13-14H2,(H,26,30)/b16-12+. The number of ether oxygens (including phenoxy) is 1. The van der Waals surface area contributed by atoms with Crippen molar-refractivity contribution >= 4 is 11.7 Å². The van der Waals surface area contributed by atoms with Crippen LogP contribution in [0.25, 0.3) is 16.8 Å². The van der Waals surface area contributed by atoms with Crippen LogP contribution in [0, 0.1) is 0 Å². The number of alkyl halides is 3. The van der Waals surface area contributed by atoms with E-state index in [1.807, 2.05) is 12.1 Å². The number of hydrogen-bond donors (Lipinski definition) is 1. The number of carbonyl (C=O) groups excluding carboxylic acids is 1. The Morgan fingerprint density at radius 1 is 1.13 bits per heavy atom. The Labute approximate surface area is 176 Å². The van der Waals surface area contributed by atoms with Crippen molar-refractivity contribution in [2.45, 2.75) is 25.6 Å². The summed E-state index contributed by atoms with van der Waals surface area (Å²) in [7, 11) is 0. The van der Waals surface area contributed by atoms with Crippen molar-refractivity contribution in [3.05, 3.63) is 71.9 Å². The first-order valence-electron chi connectivity index (χ1n) is 9.73. The van der Waals surface area contributed by atoms with Crippen molar-refractivity contribution in [2.24, 2.45) is 0 Å². The van der Waals surface area contributed by atoms with Crippen LogP contribution in [0.2, 0.25) is 0 Å². The predicted octanol–water partition coefficient (Wildman–Crippen LogP) is 4.93. The summed E-state index contributed by atoms with van der Waals surface area (Å²) < 4.78 is 45.5. The number of para-hydroxylation sites is 1. The van der Waals surface area contributed by atoms with Gasteiger partial charge in [0.15, 0.2) is 0 Å². The van der Waals surface area contributed by atoms with Crippen LogP contribution in [0.4, 0.5) is 18.0 Å². The highest BCUT2D eigenvalue weighted by Gasteiger charge is 2.30. The van der Waals surface area contributed by atoms with E-state index in [9.17, 15) is 18.0 Å². The molecule has 1 N–H and O–H groups in total. The molecule has 1 amide bonds. The first-order valence-corrected chi connectivity index (χ1v) is 9.73. The molecule has 0 bridgehead atoms. The molecule has 1 aliphatic heterocycles. The number of fused-ring (bicyclic) bond motifs is 1. The van der Waals surface area contributed by atoms with Gasteiger partial charge >= 0.3 is 12.3 Å². The molecule has 0 saturated heterocycles. The normalized spacial score (nSPS) is 14.9. The molecule has 4 rings (SSSR count). The van der Waals surface area contributed by atoms with E-state index in [1.54, 1.807) is 28.9 Å². The number of halogens is 3. The fourth-order valence-corrected chi connectivity index (χ4v) is 3.42.